The largest absolute Gasteiger partial charge is 1.00 e. The van der Waals surface area contributed by atoms with E-state index >= 15 is 0 Å². The minimum absolute atomic E-state index is 0. The van der Waals surface area contributed by atoms with Gasteiger partial charge in [-0.25, -0.2) is 0 Å². The molecule has 0 spiro atoms. The summed E-state index contributed by atoms with van der Waals surface area (Å²) < 4.78 is 0. The Morgan fingerprint density at radius 1 is 0.688 bits per heavy atom. The van der Waals surface area contributed by atoms with Gasteiger partial charge in [-0.1, -0.05) is 71.6 Å². The van der Waals surface area contributed by atoms with Gasteiger partial charge in [0.05, 0.1) is 0 Å². The molecule has 0 saturated carbocycles. The molecule has 0 atom stereocenters. The molecule has 2 heteroatoms. The molecule has 0 aliphatic rings. The summed E-state index contributed by atoms with van der Waals surface area (Å²) in [7, 11) is 0. The Hall–Kier alpha value is 0.960. The maximum absolute atomic E-state index is 3.37. The van der Waals surface area contributed by atoms with Gasteiger partial charge >= 0.3 is 29.6 Å². The summed E-state index contributed by atoms with van der Waals surface area (Å²) >= 11 is 0. The Morgan fingerprint density at radius 2 is 1.12 bits per heavy atom. The fraction of sp³-hybridized carbons (Fsp3) is 1.00. The van der Waals surface area contributed by atoms with E-state index in [9.17, 15) is 0 Å². The van der Waals surface area contributed by atoms with Gasteiger partial charge in [0.15, 0.2) is 0 Å². The molecule has 0 bridgehead atoms. The van der Waals surface area contributed by atoms with Gasteiger partial charge in [-0.3, -0.25) is 0 Å². The van der Waals surface area contributed by atoms with E-state index in [1.807, 2.05) is 0 Å². The fourth-order valence-corrected chi connectivity index (χ4v) is 1.91. The van der Waals surface area contributed by atoms with Crippen LogP contribution < -0.4 is 34.9 Å². The average molecular weight is 237 g/mol. The van der Waals surface area contributed by atoms with E-state index in [0.717, 1.165) is 6.54 Å². The van der Waals surface area contributed by atoms with Crippen LogP contribution in [0.2, 0.25) is 0 Å². The van der Waals surface area contributed by atoms with Crippen molar-refractivity contribution >= 4 is 0 Å². The number of rotatable bonds is 12. The molecule has 0 aromatic heterocycles. The number of hydrogen-bond acceptors (Lipinski definition) is 1. The standard InChI is InChI=1S/C14H31N.Na.H/c1-3-5-6-7-8-9-10-11-12-13-14-15-4-2;;/h15H,3-14H2,1-2H3;;/q;+1;-1. The van der Waals surface area contributed by atoms with Gasteiger partial charge in [-0.15, -0.1) is 0 Å². The van der Waals surface area contributed by atoms with Crippen molar-refractivity contribution in [1.82, 2.24) is 5.32 Å². The quantitative estimate of drug-likeness (QED) is 0.402. The summed E-state index contributed by atoms with van der Waals surface area (Å²) in [4.78, 5) is 0. The summed E-state index contributed by atoms with van der Waals surface area (Å²) in [5.74, 6) is 0. The monoisotopic (exact) mass is 237 g/mol. The molecule has 0 aromatic carbocycles. The summed E-state index contributed by atoms with van der Waals surface area (Å²) in [6.07, 6.45) is 14.3. The van der Waals surface area contributed by atoms with Crippen LogP contribution in [0.1, 0.15) is 79.5 Å². The number of hydrogen-bond donors (Lipinski definition) is 1. The third-order valence-electron chi connectivity index (χ3n) is 2.96. The fourth-order valence-electron chi connectivity index (χ4n) is 1.91. The first-order valence-corrected chi connectivity index (χ1v) is 7.12. The molecule has 1 nitrogen and oxygen atoms in total. The van der Waals surface area contributed by atoms with Crippen LogP contribution in [0.3, 0.4) is 0 Å². The van der Waals surface area contributed by atoms with Gasteiger partial charge in [0.25, 0.3) is 0 Å². The SMILES string of the molecule is CCCCCCCCCCCCNCC.[H-].[Na+]. The molecule has 0 heterocycles. The molecular weight excluding hydrogens is 205 g/mol. The Morgan fingerprint density at radius 3 is 1.56 bits per heavy atom. The summed E-state index contributed by atoms with van der Waals surface area (Å²) in [6.45, 7) is 6.80. The predicted molar refractivity (Wildman–Crippen MR) is 71.5 cm³/mol. The van der Waals surface area contributed by atoms with Crippen molar-refractivity contribution in [3.63, 3.8) is 0 Å². The van der Waals surface area contributed by atoms with Crippen LogP contribution in [0.15, 0.2) is 0 Å². The van der Waals surface area contributed by atoms with Crippen LogP contribution in [0, 0.1) is 0 Å². The molecule has 0 amide bonds. The van der Waals surface area contributed by atoms with E-state index in [4.69, 9.17) is 0 Å². The van der Waals surface area contributed by atoms with Gasteiger partial charge < -0.3 is 6.74 Å². The zero-order valence-corrected chi connectivity index (χ0v) is 14.0. The van der Waals surface area contributed by atoms with Crippen LogP contribution in [0.5, 0.6) is 0 Å². The smallest absolute Gasteiger partial charge is 1.00 e. The third kappa shape index (κ3) is 17.4. The van der Waals surface area contributed by atoms with Crippen molar-refractivity contribution in [2.24, 2.45) is 0 Å². The predicted octanol–water partition coefficient (Wildman–Crippen LogP) is 1.63. The summed E-state index contributed by atoms with van der Waals surface area (Å²) in [5, 5.41) is 3.37. The Balaban J connectivity index is -0.000000980. The van der Waals surface area contributed by atoms with Crippen molar-refractivity contribution in [3.8, 4) is 0 Å². The van der Waals surface area contributed by atoms with Crippen molar-refractivity contribution in [1.29, 1.82) is 0 Å². The zero-order chi connectivity index (χ0) is 11.2. The summed E-state index contributed by atoms with van der Waals surface area (Å²) in [6, 6.07) is 0. The van der Waals surface area contributed by atoms with Gasteiger partial charge in [-0.05, 0) is 19.5 Å². The first-order chi connectivity index (χ1) is 7.41. The molecular formula is C14H32NNa. The van der Waals surface area contributed by atoms with E-state index < -0.39 is 0 Å². The van der Waals surface area contributed by atoms with Crippen molar-refractivity contribution in [3.05, 3.63) is 0 Å². The van der Waals surface area contributed by atoms with Crippen molar-refractivity contribution in [2.45, 2.75) is 78.1 Å². The molecule has 94 valence electrons. The molecule has 0 saturated heterocycles. The molecule has 1 N–H and O–H groups in total. The average Bonchev–Trinajstić information content (AvgIpc) is 2.26. The maximum Gasteiger partial charge on any atom is 1.00 e. The minimum atomic E-state index is 0. The first-order valence-electron chi connectivity index (χ1n) is 7.12. The van der Waals surface area contributed by atoms with Gasteiger partial charge in [0.1, 0.15) is 0 Å². The van der Waals surface area contributed by atoms with Gasteiger partial charge in [0, 0.05) is 0 Å². The second kappa shape index (κ2) is 18.3. The molecule has 0 aromatic rings. The van der Waals surface area contributed by atoms with Crippen molar-refractivity contribution < 1.29 is 31.0 Å². The van der Waals surface area contributed by atoms with Gasteiger partial charge in [0.2, 0.25) is 0 Å². The number of nitrogens with one attached hydrogen (secondary N) is 1. The third-order valence-corrected chi connectivity index (χ3v) is 2.96. The minimum Gasteiger partial charge on any atom is -1.00 e. The van der Waals surface area contributed by atoms with E-state index in [2.05, 4.69) is 19.2 Å². The Labute approximate surface area is 127 Å². The van der Waals surface area contributed by atoms with E-state index in [1.165, 1.54) is 70.8 Å². The molecule has 0 rings (SSSR count). The first kappa shape index (κ1) is 19.3. The topological polar surface area (TPSA) is 12.0 Å². The number of unbranched alkanes of at least 4 members (excludes halogenated alkanes) is 9. The van der Waals surface area contributed by atoms with E-state index in [1.54, 1.807) is 0 Å². The molecule has 0 fully saturated rings. The van der Waals surface area contributed by atoms with Crippen LogP contribution in [0.4, 0.5) is 0 Å². The van der Waals surface area contributed by atoms with E-state index in [0.29, 0.717) is 0 Å². The van der Waals surface area contributed by atoms with Crippen LogP contribution in [-0.2, 0) is 0 Å². The second-order valence-corrected chi connectivity index (χ2v) is 4.54. The molecule has 0 radical (unpaired) electrons. The molecule has 16 heavy (non-hydrogen) atoms. The van der Waals surface area contributed by atoms with Crippen molar-refractivity contribution in [2.75, 3.05) is 13.1 Å². The van der Waals surface area contributed by atoms with E-state index in [-0.39, 0.29) is 31.0 Å². The normalized spacial score (nSPS) is 10.1. The molecule has 0 unspecified atom stereocenters. The Kier molecular flexibility index (Phi) is 22.1. The van der Waals surface area contributed by atoms with Crippen LogP contribution >= 0.6 is 0 Å². The maximum atomic E-state index is 3.37. The van der Waals surface area contributed by atoms with Crippen LogP contribution in [-0.4, -0.2) is 13.1 Å². The molecule has 0 aliphatic carbocycles. The second-order valence-electron chi connectivity index (χ2n) is 4.54. The Bertz CT molecular complexity index is 100. The van der Waals surface area contributed by atoms with Crippen LogP contribution in [0.25, 0.3) is 0 Å². The molecule has 0 aliphatic heterocycles. The summed E-state index contributed by atoms with van der Waals surface area (Å²) in [5.41, 5.74) is 0. The zero-order valence-electron chi connectivity index (χ0n) is 13.0. The van der Waals surface area contributed by atoms with Gasteiger partial charge in [-0.2, -0.15) is 0 Å².